The number of carbonyl (C=O) groups is 2. The molecule has 3 aromatic rings. The second kappa shape index (κ2) is 10.1. The minimum absolute atomic E-state index is 0.160. The van der Waals surface area contributed by atoms with Gasteiger partial charge in [0.2, 0.25) is 0 Å². The maximum atomic E-state index is 12.4. The Kier molecular flexibility index (Phi) is 6.78. The number of unbranched alkanes of at least 4 members (excludes halogenated alkanes) is 4. The van der Waals surface area contributed by atoms with Crippen molar-refractivity contribution < 1.29 is 14.3 Å². The fourth-order valence-corrected chi connectivity index (χ4v) is 3.93. The first-order valence-corrected chi connectivity index (χ1v) is 11.0. The van der Waals surface area contributed by atoms with Gasteiger partial charge in [-0.15, -0.1) is 0 Å². The zero-order chi connectivity index (χ0) is 21.5. The minimum atomic E-state index is -0.160. The van der Waals surface area contributed by atoms with E-state index in [4.69, 9.17) is 4.74 Å². The lowest BCUT2D eigenvalue weighted by Gasteiger charge is -2.13. The predicted octanol–water partition coefficient (Wildman–Crippen LogP) is 5.98. The normalized spacial score (nSPS) is 12.8. The Bertz CT molecular complexity index is 1010. The maximum Gasteiger partial charge on any atom is 0.261 e. The van der Waals surface area contributed by atoms with Crippen molar-refractivity contribution in [2.24, 2.45) is 0 Å². The molecule has 158 valence electrons. The van der Waals surface area contributed by atoms with E-state index in [9.17, 15) is 9.59 Å². The summed E-state index contributed by atoms with van der Waals surface area (Å²) in [6.07, 6.45) is 4.96. The predicted molar refractivity (Wildman–Crippen MR) is 122 cm³/mol. The third-order valence-corrected chi connectivity index (χ3v) is 5.61. The van der Waals surface area contributed by atoms with E-state index < -0.39 is 0 Å². The zero-order valence-electron chi connectivity index (χ0n) is 17.6. The summed E-state index contributed by atoms with van der Waals surface area (Å²) < 4.78 is 5.92. The average Bonchev–Trinajstić information content (AvgIpc) is 3.06. The van der Waals surface area contributed by atoms with Gasteiger partial charge in [-0.05, 0) is 48.2 Å². The van der Waals surface area contributed by atoms with Crippen LogP contribution in [0.5, 0.6) is 5.75 Å². The molecule has 1 aliphatic rings. The van der Waals surface area contributed by atoms with Crippen molar-refractivity contribution >= 4 is 11.8 Å². The van der Waals surface area contributed by atoms with E-state index in [2.05, 4.69) is 24.3 Å². The number of amides is 2. The Balaban J connectivity index is 1.12. The SMILES string of the molecule is O=C1c2ccccc2C(=O)N1CCCCCCCOc1cccc(-c2ccccc2)c1. The van der Waals surface area contributed by atoms with Crippen molar-refractivity contribution in [1.29, 1.82) is 0 Å². The quantitative estimate of drug-likeness (QED) is 0.303. The van der Waals surface area contributed by atoms with Crippen LogP contribution in [0, 0.1) is 0 Å². The molecule has 0 saturated carbocycles. The van der Waals surface area contributed by atoms with Crippen molar-refractivity contribution in [3.63, 3.8) is 0 Å². The highest BCUT2D eigenvalue weighted by Crippen LogP contribution is 2.24. The molecule has 31 heavy (non-hydrogen) atoms. The highest BCUT2D eigenvalue weighted by Gasteiger charge is 2.34. The van der Waals surface area contributed by atoms with E-state index >= 15 is 0 Å². The van der Waals surface area contributed by atoms with Gasteiger partial charge in [0.25, 0.3) is 11.8 Å². The van der Waals surface area contributed by atoms with Crippen molar-refractivity contribution in [2.75, 3.05) is 13.2 Å². The van der Waals surface area contributed by atoms with Crippen LogP contribution in [0.15, 0.2) is 78.9 Å². The van der Waals surface area contributed by atoms with Gasteiger partial charge in [-0.25, -0.2) is 0 Å². The Morgan fingerprint density at radius 3 is 1.97 bits per heavy atom. The van der Waals surface area contributed by atoms with Crippen molar-refractivity contribution in [2.45, 2.75) is 32.1 Å². The van der Waals surface area contributed by atoms with Gasteiger partial charge in [0.1, 0.15) is 5.75 Å². The van der Waals surface area contributed by atoms with Crippen LogP contribution in [-0.4, -0.2) is 29.9 Å². The fraction of sp³-hybridized carbons (Fsp3) is 0.259. The van der Waals surface area contributed by atoms with E-state index in [1.54, 1.807) is 24.3 Å². The summed E-state index contributed by atoms with van der Waals surface area (Å²) in [5.41, 5.74) is 3.40. The van der Waals surface area contributed by atoms with Gasteiger partial charge in [0, 0.05) is 6.54 Å². The molecule has 0 radical (unpaired) electrons. The Morgan fingerprint density at radius 1 is 0.613 bits per heavy atom. The molecule has 3 aromatic carbocycles. The molecule has 0 unspecified atom stereocenters. The minimum Gasteiger partial charge on any atom is -0.494 e. The number of hydrogen-bond donors (Lipinski definition) is 0. The largest absolute Gasteiger partial charge is 0.494 e. The maximum absolute atomic E-state index is 12.4. The lowest BCUT2D eigenvalue weighted by atomic mass is 10.1. The molecule has 1 aliphatic heterocycles. The van der Waals surface area contributed by atoms with Crippen molar-refractivity contribution in [3.05, 3.63) is 90.0 Å². The number of benzene rings is 3. The van der Waals surface area contributed by atoms with E-state index in [-0.39, 0.29) is 11.8 Å². The van der Waals surface area contributed by atoms with Crippen LogP contribution in [0.25, 0.3) is 11.1 Å². The molecule has 0 aromatic heterocycles. The molecule has 2 amide bonds. The molecule has 0 N–H and O–H groups in total. The standard InChI is InChI=1S/C27H27NO3/c29-26-24-16-7-8-17-25(24)27(30)28(26)18-9-2-1-3-10-19-31-23-15-11-14-22(20-23)21-12-5-4-6-13-21/h4-8,11-17,20H,1-3,9-10,18-19H2. The van der Waals surface area contributed by atoms with Crippen molar-refractivity contribution in [1.82, 2.24) is 4.90 Å². The first kappa shape index (κ1) is 20.9. The molecule has 0 atom stereocenters. The molecule has 1 heterocycles. The number of nitrogens with zero attached hydrogens (tertiary/aromatic N) is 1. The van der Waals surface area contributed by atoms with Gasteiger partial charge in [-0.1, -0.05) is 73.9 Å². The first-order valence-electron chi connectivity index (χ1n) is 11.0. The Morgan fingerprint density at radius 2 is 1.23 bits per heavy atom. The highest BCUT2D eigenvalue weighted by atomic mass is 16.5. The molecule has 4 rings (SSSR count). The Labute approximate surface area is 183 Å². The monoisotopic (exact) mass is 413 g/mol. The topological polar surface area (TPSA) is 46.6 Å². The van der Waals surface area contributed by atoms with E-state index in [1.807, 2.05) is 30.3 Å². The smallest absolute Gasteiger partial charge is 0.261 e. The van der Waals surface area contributed by atoms with Gasteiger partial charge in [0.15, 0.2) is 0 Å². The third-order valence-electron chi connectivity index (χ3n) is 5.61. The van der Waals surface area contributed by atoms with Crippen LogP contribution in [0.1, 0.15) is 52.8 Å². The molecular weight excluding hydrogens is 386 g/mol. The van der Waals surface area contributed by atoms with Gasteiger partial charge in [-0.3, -0.25) is 14.5 Å². The van der Waals surface area contributed by atoms with Crippen LogP contribution in [0.4, 0.5) is 0 Å². The summed E-state index contributed by atoms with van der Waals surface area (Å²) in [4.78, 5) is 26.1. The number of carbonyl (C=O) groups excluding carboxylic acids is 2. The lowest BCUT2D eigenvalue weighted by Crippen LogP contribution is -2.30. The zero-order valence-corrected chi connectivity index (χ0v) is 17.6. The van der Waals surface area contributed by atoms with Crippen LogP contribution in [0.2, 0.25) is 0 Å². The number of rotatable bonds is 10. The first-order chi connectivity index (χ1) is 15.2. The number of fused-ring (bicyclic) bond motifs is 1. The molecule has 0 bridgehead atoms. The van der Waals surface area contributed by atoms with Gasteiger partial charge >= 0.3 is 0 Å². The van der Waals surface area contributed by atoms with Gasteiger partial charge in [-0.2, -0.15) is 0 Å². The summed E-state index contributed by atoms with van der Waals surface area (Å²) in [5.74, 6) is 0.574. The van der Waals surface area contributed by atoms with E-state index in [0.717, 1.165) is 43.4 Å². The molecule has 0 fully saturated rings. The highest BCUT2D eigenvalue weighted by molar-refractivity contribution is 6.21. The molecule has 4 nitrogen and oxygen atoms in total. The molecule has 0 saturated heterocycles. The molecular formula is C27H27NO3. The average molecular weight is 414 g/mol. The molecule has 4 heteroatoms. The summed E-state index contributed by atoms with van der Waals surface area (Å²) in [6.45, 7) is 1.19. The van der Waals surface area contributed by atoms with E-state index in [0.29, 0.717) is 24.3 Å². The number of imide groups is 1. The molecule has 0 aliphatic carbocycles. The van der Waals surface area contributed by atoms with Crippen LogP contribution >= 0.6 is 0 Å². The summed E-state index contributed by atoms with van der Waals surface area (Å²) in [7, 11) is 0. The Hall–Kier alpha value is -3.40. The van der Waals surface area contributed by atoms with E-state index in [1.165, 1.54) is 10.5 Å². The second-order valence-electron chi connectivity index (χ2n) is 7.82. The summed E-state index contributed by atoms with van der Waals surface area (Å²) in [6, 6.07) is 25.5. The number of ether oxygens (including phenoxy) is 1. The fourth-order valence-electron chi connectivity index (χ4n) is 3.93. The third kappa shape index (κ3) is 5.02. The lowest BCUT2D eigenvalue weighted by molar-refractivity contribution is 0.0651. The second-order valence-corrected chi connectivity index (χ2v) is 7.82. The van der Waals surface area contributed by atoms with Gasteiger partial charge in [0.05, 0.1) is 17.7 Å². The molecule has 0 spiro atoms. The van der Waals surface area contributed by atoms with Crippen LogP contribution < -0.4 is 4.74 Å². The van der Waals surface area contributed by atoms with Gasteiger partial charge < -0.3 is 4.74 Å². The number of hydrogen-bond acceptors (Lipinski definition) is 3. The van der Waals surface area contributed by atoms with Crippen LogP contribution in [0.3, 0.4) is 0 Å². The van der Waals surface area contributed by atoms with Crippen LogP contribution in [-0.2, 0) is 0 Å². The summed E-state index contributed by atoms with van der Waals surface area (Å²) >= 11 is 0. The summed E-state index contributed by atoms with van der Waals surface area (Å²) in [5, 5.41) is 0. The van der Waals surface area contributed by atoms with Crippen molar-refractivity contribution in [3.8, 4) is 16.9 Å².